The van der Waals surface area contributed by atoms with Gasteiger partial charge in [0.1, 0.15) is 5.82 Å². The van der Waals surface area contributed by atoms with Crippen molar-refractivity contribution in [3.8, 4) is 5.69 Å². The number of nitrogens with zero attached hydrogens (tertiary/aromatic N) is 4. The number of benzene rings is 3. The average molecular weight is 474 g/mol. The fourth-order valence-corrected chi connectivity index (χ4v) is 4.50. The van der Waals surface area contributed by atoms with Gasteiger partial charge < -0.3 is 9.42 Å². The van der Waals surface area contributed by atoms with Crippen molar-refractivity contribution in [2.24, 2.45) is 0 Å². The van der Waals surface area contributed by atoms with Gasteiger partial charge in [0.25, 0.3) is 0 Å². The number of aromatic nitrogens is 2. The van der Waals surface area contributed by atoms with Crippen LogP contribution in [0.3, 0.4) is 0 Å². The monoisotopic (exact) mass is 474 g/mol. The Kier molecular flexibility index (Phi) is 5.39. The van der Waals surface area contributed by atoms with E-state index in [1.54, 1.807) is 85.5 Å². The predicted octanol–water partition coefficient (Wildman–Crippen LogP) is 4.15. The molecule has 1 atom stereocenters. The lowest BCUT2D eigenvalue weighted by Crippen LogP contribution is -2.46. The zero-order valence-electron chi connectivity index (χ0n) is 19.2. The Hall–Kier alpha value is -4.40. The molecule has 0 bridgehead atoms. The van der Waals surface area contributed by atoms with Gasteiger partial charge in [-0.05, 0) is 55.8 Å². The Morgan fingerprint density at radius 1 is 0.829 bits per heavy atom. The second kappa shape index (κ2) is 8.43. The molecule has 1 aliphatic rings. The van der Waals surface area contributed by atoms with Gasteiger partial charge in [0.2, 0.25) is 0 Å². The van der Waals surface area contributed by atoms with E-state index in [1.807, 2.05) is 6.07 Å². The first-order valence-corrected chi connectivity index (χ1v) is 11.1. The number of urea groups is 1. The van der Waals surface area contributed by atoms with Crippen molar-refractivity contribution in [2.75, 3.05) is 4.90 Å². The van der Waals surface area contributed by atoms with Crippen molar-refractivity contribution < 1.29 is 13.7 Å². The molecule has 0 spiro atoms. The highest BCUT2D eigenvalue weighted by Crippen LogP contribution is 2.42. The van der Waals surface area contributed by atoms with Crippen molar-refractivity contribution in [2.45, 2.75) is 32.1 Å². The van der Waals surface area contributed by atoms with Gasteiger partial charge in [0.05, 0.1) is 11.2 Å². The van der Waals surface area contributed by atoms with Crippen molar-refractivity contribution in [1.29, 1.82) is 0 Å². The summed E-state index contributed by atoms with van der Waals surface area (Å²) in [7, 11) is 0. The molecule has 8 nitrogen and oxygen atoms in total. The Labute approximate surface area is 200 Å². The SMILES string of the molecule is CC1(C)[C@H](n2oc(=O)n(-c3ccccc3)c2=O)N(c2ccccc2)C(=O)N1Cc1ccc(F)cc1. The third-order valence-electron chi connectivity index (χ3n) is 6.27. The van der Waals surface area contributed by atoms with Gasteiger partial charge in [-0.1, -0.05) is 48.5 Å². The molecule has 1 fully saturated rings. The maximum absolute atomic E-state index is 13.8. The van der Waals surface area contributed by atoms with E-state index in [2.05, 4.69) is 0 Å². The summed E-state index contributed by atoms with van der Waals surface area (Å²) in [4.78, 5) is 43.1. The fraction of sp³-hybridized carbons (Fsp3) is 0.192. The van der Waals surface area contributed by atoms with Crippen LogP contribution in [0.25, 0.3) is 5.69 Å². The van der Waals surface area contributed by atoms with E-state index in [0.717, 1.165) is 14.9 Å². The summed E-state index contributed by atoms with van der Waals surface area (Å²) in [6, 6.07) is 22.8. The highest BCUT2D eigenvalue weighted by atomic mass is 19.1. The number of halogens is 1. The fourth-order valence-electron chi connectivity index (χ4n) is 4.50. The van der Waals surface area contributed by atoms with Crippen LogP contribution in [0.2, 0.25) is 0 Å². The Morgan fingerprint density at radius 2 is 1.40 bits per heavy atom. The molecular formula is C26H23FN4O4. The van der Waals surface area contributed by atoms with E-state index in [1.165, 1.54) is 17.0 Å². The van der Waals surface area contributed by atoms with E-state index >= 15 is 0 Å². The number of anilines is 1. The van der Waals surface area contributed by atoms with Gasteiger partial charge in [-0.25, -0.2) is 18.8 Å². The van der Waals surface area contributed by atoms with Crippen LogP contribution in [0.1, 0.15) is 25.6 Å². The number of hydrogen-bond donors (Lipinski definition) is 0. The summed E-state index contributed by atoms with van der Waals surface area (Å²) in [5.41, 5.74) is -0.0706. The molecule has 5 rings (SSSR count). The summed E-state index contributed by atoms with van der Waals surface area (Å²) in [6.45, 7) is 3.77. The molecule has 0 saturated carbocycles. The molecule has 3 aromatic carbocycles. The van der Waals surface area contributed by atoms with Gasteiger partial charge in [0.15, 0.2) is 6.17 Å². The highest BCUT2D eigenvalue weighted by Gasteiger charge is 2.55. The van der Waals surface area contributed by atoms with Gasteiger partial charge in [0, 0.05) is 12.2 Å². The molecule has 178 valence electrons. The van der Waals surface area contributed by atoms with Gasteiger partial charge in [-0.3, -0.25) is 4.90 Å². The summed E-state index contributed by atoms with van der Waals surface area (Å²) in [5.74, 6) is -1.23. The topological polar surface area (TPSA) is 80.7 Å². The largest absolute Gasteiger partial charge is 0.447 e. The molecule has 9 heteroatoms. The summed E-state index contributed by atoms with van der Waals surface area (Å²) in [6.07, 6.45) is -0.969. The minimum absolute atomic E-state index is 0.171. The van der Waals surface area contributed by atoms with Gasteiger partial charge in [-0.15, -0.1) is 4.74 Å². The molecule has 0 radical (unpaired) electrons. The zero-order valence-corrected chi connectivity index (χ0v) is 19.2. The first-order valence-electron chi connectivity index (χ1n) is 11.1. The first-order chi connectivity index (χ1) is 16.8. The maximum Gasteiger partial charge on any atom is 0.447 e. The van der Waals surface area contributed by atoms with Crippen molar-refractivity contribution in [3.63, 3.8) is 0 Å². The number of para-hydroxylation sites is 2. The van der Waals surface area contributed by atoms with Crippen molar-refractivity contribution in [3.05, 3.63) is 117 Å². The number of rotatable bonds is 5. The number of amides is 2. The molecule has 1 aliphatic heterocycles. The summed E-state index contributed by atoms with van der Waals surface area (Å²) < 4.78 is 20.8. The maximum atomic E-state index is 13.8. The normalized spacial score (nSPS) is 17.2. The van der Waals surface area contributed by atoms with Crippen LogP contribution in [0.5, 0.6) is 0 Å². The van der Waals surface area contributed by atoms with E-state index in [-0.39, 0.29) is 18.4 Å². The third-order valence-corrected chi connectivity index (χ3v) is 6.27. The number of carbonyl (C=O) groups is 1. The van der Waals surface area contributed by atoms with Crippen LogP contribution in [0.4, 0.5) is 14.9 Å². The molecule has 0 aliphatic carbocycles. The number of hydrogen-bond acceptors (Lipinski definition) is 4. The lowest BCUT2D eigenvalue weighted by molar-refractivity contribution is 0.0931. The van der Waals surface area contributed by atoms with Gasteiger partial charge >= 0.3 is 17.5 Å². The second-order valence-electron chi connectivity index (χ2n) is 8.86. The van der Waals surface area contributed by atoms with Crippen LogP contribution in [0, 0.1) is 5.82 Å². The third kappa shape index (κ3) is 3.74. The Balaban J connectivity index is 1.66. The highest BCUT2D eigenvalue weighted by molar-refractivity contribution is 5.95. The summed E-state index contributed by atoms with van der Waals surface area (Å²) in [5, 5.41) is 0. The van der Waals surface area contributed by atoms with Crippen LogP contribution < -0.4 is 16.3 Å². The standard InChI is InChI=1S/C26H23FN4O4/c1-26(2)22(31-24(33)30(25(34)35-31)21-11-7-4-8-12-21)29(20-9-5-3-6-10-20)23(32)28(26)17-18-13-15-19(27)16-14-18/h3-16,22H,17H2,1-2H3/t22-/m0/s1. The molecule has 2 heterocycles. The van der Waals surface area contributed by atoms with Crippen molar-refractivity contribution >= 4 is 11.7 Å². The molecule has 2 amide bonds. The van der Waals surface area contributed by atoms with Gasteiger partial charge in [-0.2, -0.15) is 4.57 Å². The number of carbonyl (C=O) groups excluding carboxylic acids is 1. The first kappa shape index (κ1) is 22.4. The van der Waals surface area contributed by atoms with Crippen LogP contribution in [-0.2, 0) is 6.54 Å². The average Bonchev–Trinajstić information content (AvgIpc) is 3.25. The molecule has 1 saturated heterocycles. The molecule has 0 unspecified atom stereocenters. The van der Waals surface area contributed by atoms with E-state index in [4.69, 9.17) is 4.52 Å². The molecule has 1 aromatic heterocycles. The summed E-state index contributed by atoms with van der Waals surface area (Å²) >= 11 is 0. The van der Waals surface area contributed by atoms with Crippen LogP contribution >= 0.6 is 0 Å². The van der Waals surface area contributed by atoms with Crippen LogP contribution in [-0.4, -0.2) is 25.8 Å². The quantitative estimate of drug-likeness (QED) is 0.435. The second-order valence-corrected chi connectivity index (χ2v) is 8.86. The lowest BCUT2D eigenvalue weighted by Gasteiger charge is -2.34. The molecule has 0 N–H and O–H groups in total. The van der Waals surface area contributed by atoms with E-state index in [0.29, 0.717) is 11.4 Å². The van der Waals surface area contributed by atoms with Crippen molar-refractivity contribution in [1.82, 2.24) is 14.2 Å². The van der Waals surface area contributed by atoms with E-state index < -0.39 is 23.2 Å². The molecular weight excluding hydrogens is 451 g/mol. The Morgan fingerprint density at radius 3 is 2.00 bits per heavy atom. The zero-order chi connectivity index (χ0) is 24.7. The lowest BCUT2D eigenvalue weighted by atomic mass is 9.99. The minimum atomic E-state index is -0.996. The minimum Gasteiger partial charge on any atom is -0.314 e. The molecule has 4 aromatic rings. The Bertz CT molecular complexity index is 1470. The smallest absolute Gasteiger partial charge is 0.314 e. The predicted molar refractivity (Wildman–Crippen MR) is 128 cm³/mol. The molecule has 35 heavy (non-hydrogen) atoms. The van der Waals surface area contributed by atoms with E-state index in [9.17, 15) is 18.8 Å². The van der Waals surface area contributed by atoms with Crippen LogP contribution in [0.15, 0.2) is 99.0 Å².